The average Bonchev–Trinajstić information content (AvgIpc) is 2.78. The molecule has 1 unspecified atom stereocenters. The van der Waals surface area contributed by atoms with Gasteiger partial charge in [0.2, 0.25) is 5.91 Å². The molecule has 0 saturated carbocycles. The molecule has 1 amide bonds. The number of rotatable bonds is 8. The van der Waals surface area contributed by atoms with Gasteiger partial charge >= 0.3 is 0 Å². The Morgan fingerprint density at radius 2 is 1.60 bits per heavy atom. The number of Topliss-reactive ketones (excluding diaryl/α,β-unsaturated/α-hetero) is 2. The number of allylic oxidation sites excluding steroid dienone is 1. The number of fused-ring (bicyclic) bond motifs is 1. The second kappa shape index (κ2) is 9.61. The van der Waals surface area contributed by atoms with Gasteiger partial charge in [0.25, 0.3) is 0 Å². The number of ketones is 2. The van der Waals surface area contributed by atoms with Crippen molar-refractivity contribution in [2.45, 2.75) is 39.0 Å². The number of nitrogens with two attached hydrogens (primary N) is 1. The minimum Gasteiger partial charge on any atom is -0.372 e. The lowest BCUT2D eigenvalue weighted by Gasteiger charge is -2.21. The second-order valence-electron chi connectivity index (χ2n) is 7.38. The van der Waals surface area contributed by atoms with Crippen LogP contribution in [0.15, 0.2) is 65.7 Å². The first-order chi connectivity index (χ1) is 14.4. The van der Waals surface area contributed by atoms with Crippen LogP contribution in [0.3, 0.4) is 0 Å². The maximum absolute atomic E-state index is 12.7. The van der Waals surface area contributed by atoms with Crippen LogP contribution < -0.4 is 11.1 Å². The molecule has 0 heterocycles. The number of amides is 1. The fourth-order valence-electron chi connectivity index (χ4n) is 3.40. The number of nitrogens with one attached hydrogen (secondary N) is 1. The van der Waals surface area contributed by atoms with Crippen molar-refractivity contribution in [3.63, 3.8) is 0 Å². The van der Waals surface area contributed by atoms with Crippen molar-refractivity contribution >= 4 is 17.5 Å². The molecule has 156 valence electrons. The standard InChI is InChI=1S/C24H26N2O4/c1-15-18(23(28)20-11-7-6-10-19(20)22(15)27)12-13-26-24(29)21(25)16(2)30-14-17-8-4-3-5-9-17/h3-11,16,21H,12-14,25H2,1-2H3,(H,26,29)/t16?,21-/m1/s1. The molecule has 0 bridgehead atoms. The Labute approximate surface area is 176 Å². The molecule has 0 spiro atoms. The van der Waals surface area contributed by atoms with E-state index < -0.39 is 12.1 Å². The Balaban J connectivity index is 1.53. The zero-order valence-electron chi connectivity index (χ0n) is 17.2. The lowest BCUT2D eigenvalue weighted by atomic mass is 9.83. The smallest absolute Gasteiger partial charge is 0.239 e. The number of hydrogen-bond donors (Lipinski definition) is 2. The van der Waals surface area contributed by atoms with Crippen LogP contribution >= 0.6 is 0 Å². The van der Waals surface area contributed by atoms with Gasteiger partial charge in [-0.3, -0.25) is 14.4 Å². The van der Waals surface area contributed by atoms with Gasteiger partial charge in [0, 0.05) is 28.8 Å². The van der Waals surface area contributed by atoms with Crippen molar-refractivity contribution in [1.29, 1.82) is 0 Å². The SMILES string of the molecule is CC1=C(CCNC(=O)[C@H](N)C(C)OCc2ccccc2)C(=O)c2ccccc2C1=O. The number of carbonyl (C=O) groups is 3. The molecule has 0 radical (unpaired) electrons. The summed E-state index contributed by atoms with van der Waals surface area (Å²) in [6.45, 7) is 3.98. The second-order valence-corrected chi connectivity index (χ2v) is 7.38. The molecule has 6 nitrogen and oxygen atoms in total. The Kier molecular flexibility index (Phi) is 6.92. The van der Waals surface area contributed by atoms with E-state index in [0.29, 0.717) is 28.9 Å². The summed E-state index contributed by atoms with van der Waals surface area (Å²) in [6, 6.07) is 15.6. The normalized spacial score (nSPS) is 15.6. The molecular formula is C24H26N2O4. The van der Waals surface area contributed by atoms with Crippen LogP contribution in [0.25, 0.3) is 0 Å². The molecule has 2 atom stereocenters. The van der Waals surface area contributed by atoms with Crippen LogP contribution in [0.1, 0.15) is 46.5 Å². The van der Waals surface area contributed by atoms with E-state index >= 15 is 0 Å². The highest BCUT2D eigenvalue weighted by Gasteiger charge is 2.29. The van der Waals surface area contributed by atoms with E-state index in [1.807, 2.05) is 30.3 Å². The third kappa shape index (κ3) is 4.72. The maximum atomic E-state index is 12.7. The van der Waals surface area contributed by atoms with E-state index in [9.17, 15) is 14.4 Å². The van der Waals surface area contributed by atoms with Crippen molar-refractivity contribution in [3.05, 3.63) is 82.4 Å². The summed E-state index contributed by atoms with van der Waals surface area (Å²) in [4.78, 5) is 37.6. The number of ether oxygens (including phenoxy) is 1. The summed E-state index contributed by atoms with van der Waals surface area (Å²) in [6.07, 6.45) is -0.210. The molecule has 2 aromatic rings. The molecule has 0 aromatic heterocycles. The Morgan fingerprint density at radius 3 is 2.27 bits per heavy atom. The first kappa shape index (κ1) is 21.6. The van der Waals surface area contributed by atoms with E-state index in [0.717, 1.165) is 5.56 Å². The van der Waals surface area contributed by atoms with Crippen LogP contribution in [0.5, 0.6) is 0 Å². The predicted molar refractivity (Wildman–Crippen MR) is 114 cm³/mol. The highest BCUT2D eigenvalue weighted by molar-refractivity contribution is 6.26. The molecule has 1 aliphatic carbocycles. The molecule has 0 saturated heterocycles. The summed E-state index contributed by atoms with van der Waals surface area (Å²) in [5.74, 6) is -0.671. The molecule has 0 aliphatic heterocycles. The predicted octanol–water partition coefficient (Wildman–Crippen LogP) is 2.82. The lowest BCUT2D eigenvalue weighted by Crippen LogP contribution is -2.48. The Bertz CT molecular complexity index is 982. The molecule has 1 aliphatic rings. The van der Waals surface area contributed by atoms with Gasteiger partial charge in [-0.25, -0.2) is 0 Å². The first-order valence-electron chi connectivity index (χ1n) is 9.97. The molecule has 2 aromatic carbocycles. The Morgan fingerprint density at radius 1 is 1.00 bits per heavy atom. The topological polar surface area (TPSA) is 98.5 Å². The van der Waals surface area contributed by atoms with Gasteiger partial charge in [0.1, 0.15) is 6.04 Å². The van der Waals surface area contributed by atoms with Crippen LogP contribution in [-0.4, -0.2) is 36.2 Å². The van der Waals surface area contributed by atoms with Crippen molar-refractivity contribution in [3.8, 4) is 0 Å². The van der Waals surface area contributed by atoms with Crippen molar-refractivity contribution in [2.24, 2.45) is 5.73 Å². The van der Waals surface area contributed by atoms with Crippen LogP contribution in [0.2, 0.25) is 0 Å². The van der Waals surface area contributed by atoms with Crippen LogP contribution in [0, 0.1) is 0 Å². The van der Waals surface area contributed by atoms with Gasteiger partial charge in [-0.15, -0.1) is 0 Å². The lowest BCUT2D eigenvalue weighted by molar-refractivity contribution is -0.125. The van der Waals surface area contributed by atoms with Gasteiger partial charge in [-0.2, -0.15) is 0 Å². The van der Waals surface area contributed by atoms with Crippen molar-refractivity contribution < 1.29 is 19.1 Å². The van der Waals surface area contributed by atoms with Crippen molar-refractivity contribution in [1.82, 2.24) is 5.32 Å². The fraction of sp³-hybridized carbons (Fsp3) is 0.292. The van der Waals surface area contributed by atoms with Crippen molar-refractivity contribution in [2.75, 3.05) is 6.54 Å². The van der Waals surface area contributed by atoms with E-state index in [-0.39, 0.29) is 30.4 Å². The van der Waals surface area contributed by atoms with E-state index in [2.05, 4.69) is 5.32 Å². The zero-order valence-corrected chi connectivity index (χ0v) is 17.2. The maximum Gasteiger partial charge on any atom is 0.239 e. The van der Waals surface area contributed by atoms with Gasteiger partial charge < -0.3 is 15.8 Å². The summed E-state index contributed by atoms with van der Waals surface area (Å²) >= 11 is 0. The quantitative estimate of drug-likeness (QED) is 0.702. The van der Waals surface area contributed by atoms with Gasteiger partial charge in [0.15, 0.2) is 11.6 Å². The zero-order chi connectivity index (χ0) is 21.7. The fourth-order valence-corrected chi connectivity index (χ4v) is 3.40. The third-order valence-electron chi connectivity index (χ3n) is 5.32. The summed E-state index contributed by atoms with van der Waals surface area (Å²) in [5.41, 5.74) is 8.71. The summed E-state index contributed by atoms with van der Waals surface area (Å²) in [7, 11) is 0. The number of benzene rings is 2. The molecular weight excluding hydrogens is 380 g/mol. The minimum absolute atomic E-state index is 0.147. The third-order valence-corrected chi connectivity index (χ3v) is 5.32. The molecule has 3 N–H and O–H groups in total. The van der Waals surface area contributed by atoms with Gasteiger partial charge in [0.05, 0.1) is 12.7 Å². The van der Waals surface area contributed by atoms with Gasteiger partial charge in [-0.1, -0.05) is 54.6 Å². The van der Waals surface area contributed by atoms with E-state index in [1.54, 1.807) is 38.1 Å². The van der Waals surface area contributed by atoms with Crippen LogP contribution in [0.4, 0.5) is 0 Å². The van der Waals surface area contributed by atoms with Gasteiger partial charge in [-0.05, 0) is 25.8 Å². The van der Waals surface area contributed by atoms with E-state index in [4.69, 9.17) is 10.5 Å². The molecule has 3 rings (SSSR count). The average molecular weight is 406 g/mol. The Hall–Kier alpha value is -3.09. The first-order valence-corrected chi connectivity index (χ1v) is 9.97. The van der Waals surface area contributed by atoms with E-state index in [1.165, 1.54) is 0 Å². The summed E-state index contributed by atoms with van der Waals surface area (Å²) < 4.78 is 5.70. The molecule has 0 fully saturated rings. The minimum atomic E-state index is -0.840. The highest BCUT2D eigenvalue weighted by atomic mass is 16.5. The number of carbonyl (C=O) groups excluding carboxylic acids is 3. The monoisotopic (exact) mass is 406 g/mol. The van der Waals surface area contributed by atoms with Crippen LogP contribution in [-0.2, 0) is 16.1 Å². The molecule has 30 heavy (non-hydrogen) atoms. The largest absolute Gasteiger partial charge is 0.372 e. The number of hydrogen-bond acceptors (Lipinski definition) is 5. The summed E-state index contributed by atoms with van der Waals surface area (Å²) in [5, 5.41) is 2.75. The highest BCUT2D eigenvalue weighted by Crippen LogP contribution is 2.27. The molecule has 6 heteroatoms.